The van der Waals surface area contributed by atoms with Crippen LogP contribution in [0, 0.1) is 0 Å². The Morgan fingerprint density at radius 1 is 1.21 bits per heavy atom. The highest BCUT2D eigenvalue weighted by atomic mass is 16.2. The van der Waals surface area contributed by atoms with E-state index in [1.807, 2.05) is 32.0 Å². The Morgan fingerprint density at radius 3 is 2.53 bits per heavy atom. The van der Waals surface area contributed by atoms with Crippen LogP contribution in [0.15, 0.2) is 47.4 Å². The van der Waals surface area contributed by atoms with Gasteiger partial charge in [-0.05, 0) is 32.0 Å². The fraction of sp³-hybridized carbons (Fsp3) is 0.214. The van der Waals surface area contributed by atoms with Crippen molar-refractivity contribution in [1.29, 1.82) is 0 Å². The van der Waals surface area contributed by atoms with Gasteiger partial charge in [0.25, 0.3) is 11.5 Å². The van der Waals surface area contributed by atoms with Gasteiger partial charge in [-0.2, -0.15) is 9.78 Å². The van der Waals surface area contributed by atoms with Crippen molar-refractivity contribution in [3.8, 4) is 5.69 Å². The van der Waals surface area contributed by atoms with E-state index in [0.29, 0.717) is 5.69 Å². The Hall–Kier alpha value is -2.43. The fourth-order valence-electron chi connectivity index (χ4n) is 1.68. The normalized spacial score (nSPS) is 10.5. The van der Waals surface area contributed by atoms with E-state index in [1.165, 1.54) is 16.9 Å². The van der Waals surface area contributed by atoms with Gasteiger partial charge in [-0.1, -0.05) is 18.2 Å². The van der Waals surface area contributed by atoms with Crippen LogP contribution in [0.1, 0.15) is 24.2 Å². The molecule has 0 saturated heterocycles. The largest absolute Gasteiger partial charge is 0.350 e. The molecule has 0 aliphatic heterocycles. The number of rotatable bonds is 3. The summed E-state index contributed by atoms with van der Waals surface area (Å²) in [5.41, 5.74) is 0.297. The number of carbonyl (C=O) groups is 1. The second-order valence-electron chi connectivity index (χ2n) is 4.43. The third kappa shape index (κ3) is 2.88. The standard InChI is InChI=1S/C14H15N3O2/c1-10(2)16-13(18)12-8-9-15-17(14(12)19)11-6-4-3-5-7-11/h3-10H,1-2H3,(H,16,18). The molecule has 0 bridgehead atoms. The lowest BCUT2D eigenvalue weighted by Gasteiger charge is -2.09. The Kier molecular flexibility index (Phi) is 3.75. The van der Waals surface area contributed by atoms with E-state index >= 15 is 0 Å². The van der Waals surface area contributed by atoms with Crippen LogP contribution >= 0.6 is 0 Å². The number of para-hydroxylation sites is 1. The number of nitrogens with zero attached hydrogens (tertiary/aromatic N) is 2. The molecule has 0 saturated carbocycles. The predicted molar refractivity (Wildman–Crippen MR) is 72.4 cm³/mol. The molecule has 19 heavy (non-hydrogen) atoms. The molecule has 5 heteroatoms. The van der Waals surface area contributed by atoms with Crippen molar-refractivity contribution in [2.24, 2.45) is 0 Å². The van der Waals surface area contributed by atoms with E-state index in [2.05, 4.69) is 10.4 Å². The summed E-state index contributed by atoms with van der Waals surface area (Å²) in [6.07, 6.45) is 1.45. The summed E-state index contributed by atoms with van der Waals surface area (Å²) in [5, 5.41) is 6.69. The minimum atomic E-state index is -0.424. The lowest BCUT2D eigenvalue weighted by molar-refractivity contribution is 0.0941. The first-order valence-electron chi connectivity index (χ1n) is 6.04. The summed E-state index contributed by atoms with van der Waals surface area (Å²) >= 11 is 0. The zero-order chi connectivity index (χ0) is 13.8. The molecule has 0 aliphatic rings. The van der Waals surface area contributed by atoms with Gasteiger partial charge in [0, 0.05) is 12.2 Å². The number of aromatic nitrogens is 2. The van der Waals surface area contributed by atoms with Crippen molar-refractivity contribution in [2.75, 3.05) is 0 Å². The van der Waals surface area contributed by atoms with E-state index in [9.17, 15) is 9.59 Å². The third-order valence-electron chi connectivity index (χ3n) is 2.51. The number of benzene rings is 1. The van der Waals surface area contributed by atoms with E-state index < -0.39 is 5.56 Å². The average molecular weight is 257 g/mol. The molecule has 1 N–H and O–H groups in total. The highest BCUT2D eigenvalue weighted by Gasteiger charge is 2.14. The van der Waals surface area contributed by atoms with Crippen LogP contribution in [-0.2, 0) is 0 Å². The van der Waals surface area contributed by atoms with Crippen LogP contribution in [0.5, 0.6) is 0 Å². The molecular weight excluding hydrogens is 242 g/mol. The number of carbonyl (C=O) groups excluding carboxylic acids is 1. The monoisotopic (exact) mass is 257 g/mol. The highest BCUT2D eigenvalue weighted by Crippen LogP contribution is 2.02. The van der Waals surface area contributed by atoms with Gasteiger partial charge in [0.1, 0.15) is 5.56 Å². The Labute approximate surface area is 110 Å². The summed E-state index contributed by atoms with van der Waals surface area (Å²) < 4.78 is 1.22. The summed E-state index contributed by atoms with van der Waals surface area (Å²) in [5.74, 6) is -0.382. The summed E-state index contributed by atoms with van der Waals surface area (Å²) in [6.45, 7) is 3.68. The predicted octanol–water partition coefficient (Wildman–Crippen LogP) is 1.37. The maximum absolute atomic E-state index is 12.2. The summed E-state index contributed by atoms with van der Waals surface area (Å²) in [6, 6.07) is 10.4. The molecule has 0 radical (unpaired) electrons. The molecule has 5 nitrogen and oxygen atoms in total. The minimum absolute atomic E-state index is 0.0229. The molecule has 1 aromatic carbocycles. The van der Waals surface area contributed by atoms with Gasteiger partial charge in [-0.15, -0.1) is 0 Å². The van der Waals surface area contributed by atoms with Crippen molar-refractivity contribution in [3.63, 3.8) is 0 Å². The van der Waals surface area contributed by atoms with Gasteiger partial charge in [0.05, 0.1) is 5.69 Å². The molecular formula is C14H15N3O2. The first kappa shape index (κ1) is 13.0. The lowest BCUT2D eigenvalue weighted by Crippen LogP contribution is -2.36. The maximum Gasteiger partial charge on any atom is 0.284 e. The van der Waals surface area contributed by atoms with Gasteiger partial charge in [0.15, 0.2) is 0 Å². The molecule has 0 atom stereocenters. The number of nitrogens with one attached hydrogen (secondary N) is 1. The first-order chi connectivity index (χ1) is 9.09. The van der Waals surface area contributed by atoms with Crippen molar-refractivity contribution in [3.05, 3.63) is 58.5 Å². The van der Waals surface area contributed by atoms with E-state index in [4.69, 9.17) is 0 Å². The fourth-order valence-corrected chi connectivity index (χ4v) is 1.68. The summed E-state index contributed by atoms with van der Waals surface area (Å²) in [7, 11) is 0. The molecule has 98 valence electrons. The second kappa shape index (κ2) is 5.48. The Morgan fingerprint density at radius 2 is 1.89 bits per heavy atom. The van der Waals surface area contributed by atoms with Crippen LogP contribution in [0.2, 0.25) is 0 Å². The highest BCUT2D eigenvalue weighted by molar-refractivity contribution is 5.93. The van der Waals surface area contributed by atoms with Gasteiger partial charge < -0.3 is 5.32 Å². The van der Waals surface area contributed by atoms with Crippen LogP contribution in [0.4, 0.5) is 0 Å². The Balaban J connectivity index is 2.45. The lowest BCUT2D eigenvalue weighted by atomic mass is 10.2. The molecule has 0 spiro atoms. The van der Waals surface area contributed by atoms with E-state index in [1.54, 1.807) is 12.1 Å². The molecule has 2 rings (SSSR count). The second-order valence-corrected chi connectivity index (χ2v) is 4.43. The van der Waals surface area contributed by atoms with Crippen molar-refractivity contribution in [1.82, 2.24) is 15.1 Å². The summed E-state index contributed by atoms with van der Waals surface area (Å²) in [4.78, 5) is 24.1. The van der Waals surface area contributed by atoms with Crippen molar-refractivity contribution < 1.29 is 4.79 Å². The molecule has 1 heterocycles. The zero-order valence-corrected chi connectivity index (χ0v) is 10.8. The van der Waals surface area contributed by atoms with Crippen LogP contribution < -0.4 is 10.9 Å². The average Bonchev–Trinajstić information content (AvgIpc) is 2.39. The third-order valence-corrected chi connectivity index (χ3v) is 2.51. The topological polar surface area (TPSA) is 64.0 Å². The van der Waals surface area contributed by atoms with Crippen LogP contribution in [0.3, 0.4) is 0 Å². The Bertz CT molecular complexity index is 633. The maximum atomic E-state index is 12.2. The van der Waals surface area contributed by atoms with E-state index in [-0.39, 0.29) is 17.5 Å². The van der Waals surface area contributed by atoms with Crippen LogP contribution in [-0.4, -0.2) is 21.7 Å². The SMILES string of the molecule is CC(C)NC(=O)c1ccnn(-c2ccccc2)c1=O. The van der Waals surface area contributed by atoms with Gasteiger partial charge in [-0.3, -0.25) is 9.59 Å². The quantitative estimate of drug-likeness (QED) is 0.903. The van der Waals surface area contributed by atoms with Crippen LogP contribution in [0.25, 0.3) is 5.69 Å². The molecule has 0 aliphatic carbocycles. The van der Waals surface area contributed by atoms with Gasteiger partial charge >= 0.3 is 0 Å². The van der Waals surface area contributed by atoms with Crippen molar-refractivity contribution in [2.45, 2.75) is 19.9 Å². The molecule has 2 aromatic rings. The molecule has 0 fully saturated rings. The minimum Gasteiger partial charge on any atom is -0.350 e. The number of hydrogen-bond acceptors (Lipinski definition) is 3. The number of hydrogen-bond donors (Lipinski definition) is 1. The van der Waals surface area contributed by atoms with Gasteiger partial charge in [-0.25, -0.2) is 0 Å². The van der Waals surface area contributed by atoms with Gasteiger partial charge in [0.2, 0.25) is 0 Å². The smallest absolute Gasteiger partial charge is 0.284 e. The number of amides is 1. The first-order valence-corrected chi connectivity index (χ1v) is 6.04. The van der Waals surface area contributed by atoms with E-state index in [0.717, 1.165) is 0 Å². The van der Waals surface area contributed by atoms with Crippen molar-refractivity contribution >= 4 is 5.91 Å². The molecule has 0 unspecified atom stereocenters. The zero-order valence-electron chi connectivity index (χ0n) is 10.8. The molecule has 1 aromatic heterocycles. The molecule has 1 amide bonds.